The van der Waals surface area contributed by atoms with Gasteiger partial charge in [-0.1, -0.05) is 13.0 Å². The van der Waals surface area contributed by atoms with Crippen LogP contribution in [0.1, 0.15) is 24.5 Å². The van der Waals surface area contributed by atoms with E-state index in [9.17, 15) is 4.79 Å². The number of aliphatic hydroxyl groups excluding tert-OH is 1. The summed E-state index contributed by atoms with van der Waals surface area (Å²) in [6, 6.07) is 5.71. The summed E-state index contributed by atoms with van der Waals surface area (Å²) in [5.74, 6) is 0. The second kappa shape index (κ2) is 7.75. The monoisotopic (exact) mass is 279 g/mol. The fraction of sp³-hybridized carbons (Fsp3) is 0.533. The summed E-state index contributed by atoms with van der Waals surface area (Å²) in [6.45, 7) is 4.39. The molecule has 0 aliphatic carbocycles. The number of aliphatic hydroxyl groups is 1. The number of urea groups is 1. The molecule has 0 saturated heterocycles. The number of benzene rings is 1. The van der Waals surface area contributed by atoms with E-state index in [0.717, 1.165) is 16.8 Å². The van der Waals surface area contributed by atoms with Gasteiger partial charge in [-0.2, -0.15) is 0 Å². The highest BCUT2D eigenvalue weighted by molar-refractivity contribution is 5.74. The Hall–Kier alpha value is -1.75. The average molecular weight is 279 g/mol. The highest BCUT2D eigenvalue weighted by atomic mass is 16.3. The van der Waals surface area contributed by atoms with E-state index in [4.69, 9.17) is 5.11 Å². The predicted molar refractivity (Wildman–Crippen MR) is 82.0 cm³/mol. The molecule has 1 atom stereocenters. The van der Waals surface area contributed by atoms with E-state index >= 15 is 0 Å². The fourth-order valence-electron chi connectivity index (χ4n) is 1.85. The lowest BCUT2D eigenvalue weighted by Crippen LogP contribution is -2.43. The Balaban J connectivity index is 2.55. The smallest absolute Gasteiger partial charge is 0.315 e. The topological polar surface area (TPSA) is 64.6 Å². The molecular weight excluding hydrogens is 254 g/mol. The zero-order valence-corrected chi connectivity index (χ0v) is 12.7. The van der Waals surface area contributed by atoms with Crippen LogP contribution in [0.5, 0.6) is 0 Å². The Bertz CT molecular complexity index is 443. The predicted octanol–water partition coefficient (Wildman–Crippen LogP) is 1.63. The molecule has 5 nitrogen and oxygen atoms in total. The number of nitrogens with zero attached hydrogens (tertiary/aromatic N) is 1. The maximum absolute atomic E-state index is 11.7. The van der Waals surface area contributed by atoms with Gasteiger partial charge in [-0.05, 0) is 36.6 Å². The van der Waals surface area contributed by atoms with Gasteiger partial charge in [0.2, 0.25) is 0 Å². The maximum Gasteiger partial charge on any atom is 0.315 e. The molecule has 1 unspecified atom stereocenters. The van der Waals surface area contributed by atoms with Crippen molar-refractivity contribution < 1.29 is 9.90 Å². The molecule has 5 heteroatoms. The van der Waals surface area contributed by atoms with Gasteiger partial charge in [-0.15, -0.1) is 0 Å². The van der Waals surface area contributed by atoms with Crippen molar-refractivity contribution in [1.29, 1.82) is 0 Å². The molecule has 3 N–H and O–H groups in total. The van der Waals surface area contributed by atoms with Crippen molar-refractivity contribution in [2.45, 2.75) is 32.9 Å². The Morgan fingerprint density at radius 1 is 1.40 bits per heavy atom. The number of anilines is 1. The lowest BCUT2D eigenvalue weighted by atomic mass is 10.1. The van der Waals surface area contributed by atoms with Gasteiger partial charge >= 0.3 is 6.03 Å². The van der Waals surface area contributed by atoms with Gasteiger partial charge in [-0.25, -0.2) is 4.79 Å². The average Bonchev–Trinajstić information content (AvgIpc) is 2.43. The molecule has 0 saturated carbocycles. The van der Waals surface area contributed by atoms with Crippen LogP contribution in [0.15, 0.2) is 18.2 Å². The zero-order chi connectivity index (χ0) is 15.1. The first-order valence-corrected chi connectivity index (χ1v) is 6.90. The first-order valence-electron chi connectivity index (χ1n) is 6.90. The van der Waals surface area contributed by atoms with E-state index < -0.39 is 0 Å². The molecule has 0 radical (unpaired) electrons. The minimum atomic E-state index is -0.248. The van der Waals surface area contributed by atoms with Crippen molar-refractivity contribution in [1.82, 2.24) is 10.6 Å². The second-order valence-corrected chi connectivity index (χ2v) is 5.12. The number of carbonyl (C=O) groups is 1. The normalized spacial score (nSPS) is 11.8. The van der Waals surface area contributed by atoms with Gasteiger partial charge in [0.15, 0.2) is 0 Å². The quantitative estimate of drug-likeness (QED) is 0.741. The van der Waals surface area contributed by atoms with Crippen LogP contribution in [-0.4, -0.2) is 37.9 Å². The first-order chi connectivity index (χ1) is 9.47. The molecule has 0 spiro atoms. The van der Waals surface area contributed by atoms with Gasteiger partial charge in [0, 0.05) is 26.3 Å². The summed E-state index contributed by atoms with van der Waals surface area (Å²) in [5, 5.41) is 14.6. The van der Waals surface area contributed by atoms with Gasteiger partial charge in [0.1, 0.15) is 0 Å². The van der Waals surface area contributed by atoms with E-state index in [1.165, 1.54) is 0 Å². The number of carbonyl (C=O) groups excluding carboxylic acids is 1. The molecular formula is C15H25N3O2. The molecule has 0 bridgehead atoms. The lowest BCUT2D eigenvalue weighted by Gasteiger charge is -2.17. The zero-order valence-electron chi connectivity index (χ0n) is 12.7. The lowest BCUT2D eigenvalue weighted by molar-refractivity contribution is 0.214. The summed E-state index contributed by atoms with van der Waals surface area (Å²) in [6.07, 6.45) is 0.709. The SMILES string of the molecule is CCC(CO)NC(=O)NCc1ccc(N(C)C)cc1C. The summed E-state index contributed by atoms with van der Waals surface area (Å²) in [7, 11) is 4.00. The Morgan fingerprint density at radius 2 is 2.10 bits per heavy atom. The Labute approximate surface area is 121 Å². The molecule has 1 rings (SSSR count). The van der Waals surface area contributed by atoms with E-state index in [-0.39, 0.29) is 18.7 Å². The van der Waals surface area contributed by atoms with E-state index in [0.29, 0.717) is 13.0 Å². The molecule has 20 heavy (non-hydrogen) atoms. The minimum absolute atomic E-state index is 0.0412. The van der Waals surface area contributed by atoms with Crippen LogP contribution in [0.3, 0.4) is 0 Å². The standard InChI is InChI=1S/C15H25N3O2/c1-5-13(10-19)17-15(20)16-9-12-6-7-14(18(3)4)8-11(12)2/h6-8,13,19H,5,9-10H2,1-4H3,(H2,16,17,20). The van der Waals surface area contributed by atoms with E-state index in [1.807, 2.05) is 45.0 Å². The summed E-state index contributed by atoms with van der Waals surface area (Å²) >= 11 is 0. The molecule has 112 valence electrons. The van der Waals surface area contributed by atoms with Gasteiger partial charge < -0.3 is 20.6 Å². The summed E-state index contributed by atoms with van der Waals surface area (Å²) in [4.78, 5) is 13.7. The van der Waals surface area contributed by atoms with E-state index in [1.54, 1.807) is 0 Å². The first kappa shape index (κ1) is 16.3. The minimum Gasteiger partial charge on any atom is -0.394 e. The summed E-state index contributed by atoms with van der Waals surface area (Å²) in [5.41, 5.74) is 3.37. The van der Waals surface area contributed by atoms with Crippen LogP contribution in [0.2, 0.25) is 0 Å². The molecule has 0 aliphatic rings. The van der Waals surface area contributed by atoms with Crippen molar-refractivity contribution in [3.05, 3.63) is 29.3 Å². The third-order valence-electron chi connectivity index (χ3n) is 3.33. The summed E-state index contributed by atoms with van der Waals surface area (Å²) < 4.78 is 0. The molecule has 0 fully saturated rings. The fourth-order valence-corrected chi connectivity index (χ4v) is 1.85. The molecule has 0 heterocycles. The van der Waals surface area contributed by atoms with Gasteiger partial charge in [0.05, 0.1) is 12.6 Å². The third-order valence-corrected chi connectivity index (χ3v) is 3.33. The van der Waals surface area contributed by atoms with Crippen molar-refractivity contribution >= 4 is 11.7 Å². The largest absolute Gasteiger partial charge is 0.394 e. The highest BCUT2D eigenvalue weighted by Crippen LogP contribution is 2.17. The van der Waals surface area contributed by atoms with Gasteiger partial charge in [-0.3, -0.25) is 0 Å². The number of hydrogen-bond acceptors (Lipinski definition) is 3. The van der Waals surface area contributed by atoms with Crippen molar-refractivity contribution in [3.8, 4) is 0 Å². The van der Waals surface area contributed by atoms with Crippen LogP contribution in [-0.2, 0) is 6.54 Å². The van der Waals surface area contributed by atoms with Crippen LogP contribution in [0.25, 0.3) is 0 Å². The molecule has 0 aromatic heterocycles. The van der Waals surface area contributed by atoms with E-state index in [2.05, 4.69) is 16.7 Å². The molecule has 0 aliphatic heterocycles. The van der Waals surface area contributed by atoms with Crippen molar-refractivity contribution in [2.24, 2.45) is 0 Å². The number of amides is 2. The highest BCUT2D eigenvalue weighted by Gasteiger charge is 2.09. The maximum atomic E-state index is 11.7. The van der Waals surface area contributed by atoms with Crippen LogP contribution < -0.4 is 15.5 Å². The molecule has 1 aromatic carbocycles. The van der Waals surface area contributed by atoms with Crippen LogP contribution in [0, 0.1) is 6.92 Å². The van der Waals surface area contributed by atoms with Crippen LogP contribution >= 0.6 is 0 Å². The van der Waals surface area contributed by atoms with Gasteiger partial charge in [0.25, 0.3) is 0 Å². The number of nitrogens with one attached hydrogen (secondary N) is 2. The molecule has 2 amide bonds. The Kier molecular flexibility index (Phi) is 6.31. The number of hydrogen-bond donors (Lipinski definition) is 3. The number of aryl methyl sites for hydroxylation is 1. The second-order valence-electron chi connectivity index (χ2n) is 5.12. The van der Waals surface area contributed by atoms with Crippen molar-refractivity contribution in [3.63, 3.8) is 0 Å². The number of rotatable bonds is 6. The Morgan fingerprint density at radius 3 is 2.60 bits per heavy atom. The molecule has 1 aromatic rings. The van der Waals surface area contributed by atoms with Crippen LogP contribution in [0.4, 0.5) is 10.5 Å². The van der Waals surface area contributed by atoms with Crippen molar-refractivity contribution in [2.75, 3.05) is 25.6 Å². The third kappa shape index (κ3) is 4.74.